The van der Waals surface area contributed by atoms with Gasteiger partial charge in [-0.3, -0.25) is 0 Å². The van der Waals surface area contributed by atoms with Gasteiger partial charge in [0, 0.05) is 32.7 Å². The minimum absolute atomic E-state index is 0. The number of Topliss-reactive ketones (excluding diaryl/α,β-unsaturated/α-hetero) is 1. The van der Waals surface area contributed by atoms with E-state index < -0.39 is 0 Å². The second-order valence-electron chi connectivity index (χ2n) is 2.78. The molecule has 0 bridgehead atoms. The average molecular weight is 427 g/mol. The summed E-state index contributed by atoms with van der Waals surface area (Å²) in [7, 11) is 1.99. The topological polar surface area (TPSA) is 20.3 Å². The summed E-state index contributed by atoms with van der Waals surface area (Å²) in [6.45, 7) is 4.82. The van der Waals surface area contributed by atoms with Gasteiger partial charge in [-0.25, -0.2) is 6.04 Å². The molecule has 0 spiro atoms. The van der Waals surface area contributed by atoms with Gasteiger partial charge in [-0.05, 0) is 32.2 Å². The van der Waals surface area contributed by atoms with Crippen molar-refractivity contribution in [3.8, 4) is 0 Å². The summed E-state index contributed by atoms with van der Waals surface area (Å²) in [6, 6.07) is 0.0787. The molecule has 0 amide bonds. The first-order chi connectivity index (χ1) is 4.70. The van der Waals surface area contributed by atoms with Gasteiger partial charge in [0.05, 0.1) is 0 Å². The van der Waals surface area contributed by atoms with Gasteiger partial charge in [-0.15, -0.1) is 0 Å². The smallest absolute Gasteiger partial charge is 0.359 e. The Morgan fingerprint density at radius 1 is 1.62 bits per heavy atom. The van der Waals surface area contributed by atoms with Crippen LogP contribution in [-0.2, 0) is 58.6 Å². The number of likely N-dealkylation sites (tertiary alicyclic amines) is 1. The fraction of sp³-hybridized carbons (Fsp3) is 0.556. The fourth-order valence-corrected chi connectivity index (χ4v) is 1.09. The summed E-state index contributed by atoms with van der Waals surface area (Å²) in [5, 5.41) is 0. The molecular weight excluding hydrogens is 411 g/mol. The first-order valence-electron chi connectivity index (χ1n) is 3.61. The SMILES string of the molecule is [CH2-]C1[CH-]C(=O)CCCN1C.[CH3-].[W+2].[Y]. The third-order valence-electron chi connectivity index (χ3n) is 1.88. The molecule has 1 fully saturated rings. The van der Waals surface area contributed by atoms with Crippen LogP contribution >= 0.6 is 0 Å². The fourth-order valence-electron chi connectivity index (χ4n) is 1.09. The Kier molecular flexibility index (Phi) is 15.0. The van der Waals surface area contributed by atoms with Crippen molar-refractivity contribution in [1.82, 2.24) is 4.90 Å². The van der Waals surface area contributed by atoms with Gasteiger partial charge in [0.2, 0.25) is 0 Å². The third-order valence-corrected chi connectivity index (χ3v) is 1.88. The Morgan fingerprint density at radius 2 is 2.15 bits per heavy atom. The van der Waals surface area contributed by atoms with E-state index in [-0.39, 0.29) is 73.0 Å². The quantitative estimate of drug-likeness (QED) is 0.541. The predicted molar refractivity (Wildman–Crippen MR) is 46.7 cm³/mol. The number of hydrogen-bond acceptors (Lipinski definition) is 2. The predicted octanol–water partition coefficient (Wildman–Crippen LogP) is 1.13. The number of carbonyl (C=O) groups is 1. The van der Waals surface area contributed by atoms with Crippen LogP contribution in [0.1, 0.15) is 12.8 Å². The van der Waals surface area contributed by atoms with E-state index in [0.717, 1.165) is 13.0 Å². The number of nitrogens with zero attached hydrogens (tertiary/aromatic N) is 1. The van der Waals surface area contributed by atoms with E-state index in [0.29, 0.717) is 6.42 Å². The van der Waals surface area contributed by atoms with Crippen LogP contribution in [0.25, 0.3) is 0 Å². The van der Waals surface area contributed by atoms with E-state index in [1.807, 2.05) is 7.05 Å². The van der Waals surface area contributed by atoms with Crippen LogP contribution < -0.4 is 0 Å². The van der Waals surface area contributed by atoms with Gasteiger partial charge in [0.15, 0.2) is 0 Å². The summed E-state index contributed by atoms with van der Waals surface area (Å²) >= 11 is 0. The largest absolute Gasteiger partial charge is 2.00 e. The molecule has 0 aromatic heterocycles. The molecule has 1 aliphatic heterocycles. The van der Waals surface area contributed by atoms with Gasteiger partial charge >= 0.3 is 21.1 Å². The van der Waals surface area contributed by atoms with Crippen molar-refractivity contribution in [1.29, 1.82) is 0 Å². The van der Waals surface area contributed by atoms with Crippen molar-refractivity contribution in [2.45, 2.75) is 18.9 Å². The molecule has 13 heavy (non-hydrogen) atoms. The minimum Gasteiger partial charge on any atom is -0.359 e. The molecule has 0 aromatic carbocycles. The Balaban J connectivity index is -0.000000333. The molecule has 73 valence electrons. The maximum Gasteiger partial charge on any atom is 2.00 e. The number of carbonyl (C=O) groups excluding carboxylic acids is 1. The monoisotopic (exact) mass is 427 g/mol. The Bertz CT molecular complexity index is 144. The molecule has 0 N–H and O–H groups in total. The number of ketones is 1. The van der Waals surface area contributed by atoms with E-state index in [1.54, 1.807) is 6.42 Å². The molecule has 2 nitrogen and oxygen atoms in total. The number of hydrogen-bond donors (Lipinski definition) is 0. The van der Waals surface area contributed by atoms with E-state index in [2.05, 4.69) is 11.8 Å². The molecule has 0 aliphatic carbocycles. The van der Waals surface area contributed by atoms with Crippen LogP contribution in [0.5, 0.6) is 0 Å². The first-order valence-corrected chi connectivity index (χ1v) is 3.61. The molecule has 1 rings (SSSR count). The zero-order chi connectivity index (χ0) is 7.56. The molecule has 0 aromatic rings. The molecule has 1 unspecified atom stereocenters. The van der Waals surface area contributed by atoms with E-state index >= 15 is 0 Å². The van der Waals surface area contributed by atoms with Gasteiger partial charge in [0.25, 0.3) is 0 Å². The first kappa shape index (κ1) is 19.8. The molecule has 1 aliphatic rings. The van der Waals surface area contributed by atoms with Crippen LogP contribution in [-0.4, -0.2) is 30.3 Å². The number of rotatable bonds is 0. The normalized spacial score (nSPS) is 22.6. The molecular formula is C9H16NOWY-. The molecule has 4 heteroatoms. The summed E-state index contributed by atoms with van der Waals surface area (Å²) in [5.41, 5.74) is 0. The van der Waals surface area contributed by atoms with E-state index in [9.17, 15) is 4.79 Å². The van der Waals surface area contributed by atoms with Crippen molar-refractivity contribution < 1.29 is 58.6 Å². The summed E-state index contributed by atoms with van der Waals surface area (Å²) < 4.78 is 0. The maximum absolute atomic E-state index is 10.9. The second kappa shape index (κ2) is 9.83. The third kappa shape index (κ3) is 7.25. The zero-order valence-corrected chi connectivity index (χ0v) is 14.1. The van der Waals surface area contributed by atoms with Crippen molar-refractivity contribution in [2.75, 3.05) is 13.6 Å². The Morgan fingerprint density at radius 3 is 2.69 bits per heavy atom. The maximum atomic E-state index is 10.9. The average Bonchev–Trinajstić information content (AvgIpc) is 1.96. The van der Waals surface area contributed by atoms with Crippen LogP contribution in [0, 0.1) is 20.8 Å². The summed E-state index contributed by atoms with van der Waals surface area (Å²) in [5.74, 6) is 0.240. The molecule has 1 atom stereocenters. The van der Waals surface area contributed by atoms with Crippen molar-refractivity contribution in [3.63, 3.8) is 0 Å². The van der Waals surface area contributed by atoms with E-state index in [1.165, 1.54) is 0 Å². The van der Waals surface area contributed by atoms with Crippen molar-refractivity contribution in [3.05, 3.63) is 20.8 Å². The molecule has 1 radical (unpaired) electrons. The molecule has 1 saturated heterocycles. The second-order valence-corrected chi connectivity index (χ2v) is 2.78. The van der Waals surface area contributed by atoms with Gasteiger partial charge < -0.3 is 30.5 Å². The van der Waals surface area contributed by atoms with Crippen molar-refractivity contribution in [2.24, 2.45) is 0 Å². The molecule has 1 heterocycles. The Labute approximate surface area is 121 Å². The van der Waals surface area contributed by atoms with Crippen molar-refractivity contribution >= 4 is 5.78 Å². The zero-order valence-electron chi connectivity index (χ0n) is 8.32. The summed E-state index contributed by atoms with van der Waals surface area (Å²) in [6.07, 6.45) is 3.36. The van der Waals surface area contributed by atoms with Crippen LogP contribution in [0.4, 0.5) is 0 Å². The van der Waals surface area contributed by atoms with Crippen LogP contribution in [0.2, 0.25) is 0 Å². The minimum atomic E-state index is 0. The summed E-state index contributed by atoms with van der Waals surface area (Å²) in [4.78, 5) is 13.0. The van der Waals surface area contributed by atoms with Gasteiger partial charge in [0.1, 0.15) is 0 Å². The van der Waals surface area contributed by atoms with E-state index in [4.69, 9.17) is 0 Å². The van der Waals surface area contributed by atoms with Crippen LogP contribution in [0.3, 0.4) is 0 Å². The Hall–Kier alpha value is 1.29. The standard InChI is InChI=1S/C8H13NO.CH3.W.Y/c1-7-6-8(10)4-3-5-9(7)2;;;/h6-7H,1,3-5H2,2H3;1H3;;/q-2;-1;+2;. The van der Waals surface area contributed by atoms with Gasteiger partial charge in [-0.1, -0.05) is 0 Å². The molecule has 0 saturated carbocycles. The van der Waals surface area contributed by atoms with Gasteiger partial charge in [-0.2, -0.15) is 0 Å². The van der Waals surface area contributed by atoms with Crippen LogP contribution in [0.15, 0.2) is 0 Å².